The van der Waals surface area contributed by atoms with Gasteiger partial charge in [0, 0.05) is 24.9 Å². The Balaban J connectivity index is 1.40. The lowest BCUT2D eigenvalue weighted by atomic mass is 9.97. The minimum atomic E-state index is -0.387. The third-order valence-corrected chi connectivity index (χ3v) is 5.12. The standard InChI is InChI=1S/C24H26N2O4/c1-18-7-5-6-10-21(18)25-22(27)17-30-24(29)20-13-15-26(16-14-20)23(28)12-11-19-8-3-2-4-9-19/h2-12,20H,13-17H2,1H3,(H,25,27)/b12-11+. The number of amides is 2. The Hall–Kier alpha value is -3.41. The van der Waals surface area contributed by atoms with E-state index in [4.69, 9.17) is 4.74 Å². The summed E-state index contributed by atoms with van der Waals surface area (Å²) < 4.78 is 5.19. The minimum absolute atomic E-state index is 0.0664. The van der Waals surface area contributed by atoms with Crippen molar-refractivity contribution in [2.75, 3.05) is 25.0 Å². The van der Waals surface area contributed by atoms with Crippen LogP contribution in [0.4, 0.5) is 5.69 Å². The first-order valence-electron chi connectivity index (χ1n) is 10.1. The summed E-state index contributed by atoms with van der Waals surface area (Å²) in [4.78, 5) is 38.4. The summed E-state index contributed by atoms with van der Waals surface area (Å²) in [5, 5.41) is 2.74. The molecule has 0 aromatic heterocycles. The molecule has 30 heavy (non-hydrogen) atoms. The highest BCUT2D eigenvalue weighted by molar-refractivity contribution is 5.94. The van der Waals surface area contributed by atoms with E-state index in [0.717, 1.165) is 11.1 Å². The van der Waals surface area contributed by atoms with Crippen molar-refractivity contribution in [3.8, 4) is 0 Å². The zero-order valence-corrected chi connectivity index (χ0v) is 17.0. The van der Waals surface area contributed by atoms with Crippen molar-refractivity contribution in [2.24, 2.45) is 5.92 Å². The van der Waals surface area contributed by atoms with Crippen molar-refractivity contribution < 1.29 is 19.1 Å². The number of ether oxygens (including phenoxy) is 1. The molecule has 0 saturated carbocycles. The normalized spacial score (nSPS) is 14.5. The van der Waals surface area contributed by atoms with Crippen LogP contribution in [0.5, 0.6) is 0 Å². The summed E-state index contributed by atoms with van der Waals surface area (Å²) in [5.41, 5.74) is 2.61. The molecule has 3 rings (SSSR count). The molecule has 0 unspecified atom stereocenters. The predicted molar refractivity (Wildman–Crippen MR) is 116 cm³/mol. The molecule has 1 heterocycles. The summed E-state index contributed by atoms with van der Waals surface area (Å²) in [7, 11) is 0. The van der Waals surface area contributed by atoms with E-state index >= 15 is 0 Å². The Bertz CT molecular complexity index is 916. The number of nitrogens with zero attached hydrogens (tertiary/aromatic N) is 1. The summed E-state index contributed by atoms with van der Waals surface area (Å²) in [6.07, 6.45) is 4.41. The number of para-hydroxylation sites is 1. The van der Waals surface area contributed by atoms with Crippen molar-refractivity contribution in [3.05, 3.63) is 71.8 Å². The van der Waals surface area contributed by atoms with Crippen LogP contribution in [0.2, 0.25) is 0 Å². The maximum Gasteiger partial charge on any atom is 0.309 e. The van der Waals surface area contributed by atoms with Gasteiger partial charge < -0.3 is 15.0 Å². The Morgan fingerprint density at radius 2 is 1.70 bits per heavy atom. The number of rotatable bonds is 6. The molecule has 6 nitrogen and oxygen atoms in total. The van der Waals surface area contributed by atoms with E-state index in [-0.39, 0.29) is 30.3 Å². The molecular formula is C24H26N2O4. The molecule has 6 heteroatoms. The quantitative estimate of drug-likeness (QED) is 0.589. The molecule has 1 aliphatic heterocycles. The fourth-order valence-electron chi connectivity index (χ4n) is 3.33. The van der Waals surface area contributed by atoms with Crippen LogP contribution < -0.4 is 5.32 Å². The number of aryl methyl sites for hydroxylation is 1. The van der Waals surface area contributed by atoms with Gasteiger partial charge in [0.25, 0.3) is 5.91 Å². The van der Waals surface area contributed by atoms with Gasteiger partial charge in [-0.25, -0.2) is 0 Å². The number of piperidine rings is 1. The van der Waals surface area contributed by atoms with E-state index in [1.54, 1.807) is 23.1 Å². The first-order chi connectivity index (χ1) is 14.5. The van der Waals surface area contributed by atoms with Crippen molar-refractivity contribution in [3.63, 3.8) is 0 Å². The molecule has 0 atom stereocenters. The van der Waals surface area contributed by atoms with Crippen LogP contribution in [0.15, 0.2) is 60.7 Å². The van der Waals surface area contributed by atoms with Gasteiger partial charge in [-0.05, 0) is 43.0 Å². The Labute approximate surface area is 176 Å². The van der Waals surface area contributed by atoms with Gasteiger partial charge in [0.1, 0.15) is 0 Å². The zero-order chi connectivity index (χ0) is 21.3. The first kappa shape index (κ1) is 21.3. The number of anilines is 1. The van der Waals surface area contributed by atoms with Crippen LogP contribution in [-0.2, 0) is 19.1 Å². The lowest BCUT2D eigenvalue weighted by Crippen LogP contribution is -2.40. The number of carbonyl (C=O) groups excluding carboxylic acids is 3. The Morgan fingerprint density at radius 1 is 1.03 bits per heavy atom. The van der Waals surface area contributed by atoms with E-state index < -0.39 is 0 Å². The number of hydrogen-bond acceptors (Lipinski definition) is 4. The van der Waals surface area contributed by atoms with Crippen molar-refractivity contribution in [1.29, 1.82) is 0 Å². The molecule has 0 aliphatic carbocycles. The van der Waals surface area contributed by atoms with Crippen LogP contribution in [0.1, 0.15) is 24.0 Å². The lowest BCUT2D eigenvalue weighted by molar-refractivity contribution is -0.153. The van der Waals surface area contributed by atoms with Gasteiger partial charge in [0.05, 0.1) is 5.92 Å². The van der Waals surface area contributed by atoms with Crippen LogP contribution >= 0.6 is 0 Å². The predicted octanol–water partition coefficient (Wildman–Crippen LogP) is 3.43. The molecule has 2 amide bonds. The Kier molecular flexibility index (Phi) is 7.38. The highest BCUT2D eigenvalue weighted by Gasteiger charge is 2.28. The molecule has 1 aliphatic rings. The summed E-state index contributed by atoms with van der Waals surface area (Å²) in [5.74, 6) is -1.11. The average Bonchev–Trinajstić information content (AvgIpc) is 2.78. The van der Waals surface area contributed by atoms with Crippen LogP contribution in [0.3, 0.4) is 0 Å². The second-order valence-electron chi connectivity index (χ2n) is 7.31. The highest BCUT2D eigenvalue weighted by atomic mass is 16.5. The number of hydrogen-bond donors (Lipinski definition) is 1. The lowest BCUT2D eigenvalue weighted by Gasteiger charge is -2.30. The first-order valence-corrected chi connectivity index (χ1v) is 10.1. The summed E-state index contributed by atoms with van der Waals surface area (Å²) >= 11 is 0. The zero-order valence-electron chi connectivity index (χ0n) is 17.0. The Morgan fingerprint density at radius 3 is 2.40 bits per heavy atom. The van der Waals surface area contributed by atoms with E-state index in [1.807, 2.05) is 55.5 Å². The number of likely N-dealkylation sites (tertiary alicyclic amines) is 1. The summed E-state index contributed by atoms with van der Waals surface area (Å²) in [6.45, 7) is 2.57. The molecule has 0 radical (unpaired) electrons. The maximum atomic E-state index is 12.3. The fourth-order valence-corrected chi connectivity index (χ4v) is 3.33. The molecule has 0 bridgehead atoms. The minimum Gasteiger partial charge on any atom is -0.455 e. The number of esters is 1. The molecule has 156 valence electrons. The third kappa shape index (κ3) is 6.04. The smallest absolute Gasteiger partial charge is 0.309 e. The van der Waals surface area contributed by atoms with Crippen molar-refractivity contribution in [2.45, 2.75) is 19.8 Å². The van der Waals surface area contributed by atoms with Crippen LogP contribution in [-0.4, -0.2) is 42.4 Å². The van der Waals surface area contributed by atoms with E-state index in [2.05, 4.69) is 5.32 Å². The van der Waals surface area contributed by atoms with E-state index in [9.17, 15) is 14.4 Å². The van der Waals surface area contributed by atoms with Gasteiger partial charge in [-0.2, -0.15) is 0 Å². The van der Waals surface area contributed by atoms with Crippen LogP contribution in [0, 0.1) is 12.8 Å². The maximum absolute atomic E-state index is 12.3. The monoisotopic (exact) mass is 406 g/mol. The second-order valence-corrected chi connectivity index (χ2v) is 7.31. The molecule has 1 N–H and O–H groups in total. The van der Waals surface area contributed by atoms with Crippen LogP contribution in [0.25, 0.3) is 6.08 Å². The number of benzene rings is 2. The van der Waals surface area contributed by atoms with Gasteiger partial charge in [-0.3, -0.25) is 14.4 Å². The largest absolute Gasteiger partial charge is 0.455 e. The second kappa shape index (κ2) is 10.4. The number of nitrogens with one attached hydrogen (secondary N) is 1. The van der Waals surface area contributed by atoms with Crippen molar-refractivity contribution in [1.82, 2.24) is 4.90 Å². The van der Waals surface area contributed by atoms with E-state index in [1.165, 1.54) is 0 Å². The van der Waals surface area contributed by atoms with Gasteiger partial charge in [-0.15, -0.1) is 0 Å². The van der Waals surface area contributed by atoms with Gasteiger partial charge in [0.15, 0.2) is 6.61 Å². The topological polar surface area (TPSA) is 75.7 Å². The third-order valence-electron chi connectivity index (χ3n) is 5.12. The molecular weight excluding hydrogens is 380 g/mol. The van der Waals surface area contributed by atoms with E-state index in [0.29, 0.717) is 31.6 Å². The fraction of sp³-hybridized carbons (Fsp3) is 0.292. The number of carbonyl (C=O) groups is 3. The highest BCUT2D eigenvalue weighted by Crippen LogP contribution is 2.19. The van der Waals surface area contributed by atoms with Gasteiger partial charge in [0.2, 0.25) is 5.91 Å². The summed E-state index contributed by atoms with van der Waals surface area (Å²) in [6, 6.07) is 17.0. The average molecular weight is 406 g/mol. The molecule has 0 spiro atoms. The molecule has 2 aromatic carbocycles. The molecule has 1 saturated heterocycles. The van der Waals surface area contributed by atoms with Crippen molar-refractivity contribution >= 4 is 29.5 Å². The molecule has 1 fully saturated rings. The van der Waals surface area contributed by atoms with Gasteiger partial charge in [-0.1, -0.05) is 48.5 Å². The SMILES string of the molecule is Cc1ccccc1NC(=O)COC(=O)C1CCN(C(=O)/C=C/c2ccccc2)CC1. The van der Waals surface area contributed by atoms with Gasteiger partial charge >= 0.3 is 5.97 Å². The molecule has 2 aromatic rings.